The second-order valence-corrected chi connectivity index (χ2v) is 6.86. The fourth-order valence-corrected chi connectivity index (χ4v) is 3.37. The molecule has 2 fully saturated rings. The zero-order valence-electron chi connectivity index (χ0n) is 14.9. The van der Waals surface area contributed by atoms with E-state index in [0.717, 1.165) is 56.9 Å². The molecule has 136 valence electrons. The largest absolute Gasteiger partial charge is 0.497 e. The summed E-state index contributed by atoms with van der Waals surface area (Å²) in [6.45, 7) is 3.48. The van der Waals surface area contributed by atoms with Crippen LogP contribution in [0.25, 0.3) is 0 Å². The molecule has 2 amide bonds. The molecule has 1 aromatic carbocycles. The monoisotopic (exact) mass is 345 g/mol. The Hall–Kier alpha value is -2.08. The molecule has 0 bridgehead atoms. The van der Waals surface area contributed by atoms with Gasteiger partial charge in [0.2, 0.25) is 11.8 Å². The molecule has 1 aliphatic carbocycles. The van der Waals surface area contributed by atoms with Gasteiger partial charge in [-0.15, -0.1) is 0 Å². The van der Waals surface area contributed by atoms with Crippen molar-refractivity contribution in [2.75, 3.05) is 45.2 Å². The normalized spacial score (nSPS) is 19.0. The van der Waals surface area contributed by atoms with Crippen LogP contribution in [0.2, 0.25) is 0 Å². The van der Waals surface area contributed by atoms with Crippen LogP contribution in [-0.2, 0) is 9.59 Å². The van der Waals surface area contributed by atoms with Gasteiger partial charge in [-0.25, -0.2) is 0 Å². The van der Waals surface area contributed by atoms with Gasteiger partial charge < -0.3 is 15.0 Å². The Morgan fingerprint density at radius 1 is 1.16 bits per heavy atom. The summed E-state index contributed by atoms with van der Waals surface area (Å²) in [5, 5.41) is 2.91. The highest BCUT2D eigenvalue weighted by Crippen LogP contribution is 2.28. The maximum Gasteiger partial charge on any atom is 0.238 e. The smallest absolute Gasteiger partial charge is 0.238 e. The molecule has 1 heterocycles. The van der Waals surface area contributed by atoms with Gasteiger partial charge in [0.25, 0.3) is 0 Å². The second-order valence-electron chi connectivity index (χ2n) is 6.86. The van der Waals surface area contributed by atoms with Gasteiger partial charge in [-0.05, 0) is 31.4 Å². The predicted molar refractivity (Wildman–Crippen MR) is 96.6 cm³/mol. The van der Waals surface area contributed by atoms with Crippen molar-refractivity contribution >= 4 is 17.5 Å². The summed E-state index contributed by atoms with van der Waals surface area (Å²) < 4.78 is 5.17. The van der Waals surface area contributed by atoms with E-state index < -0.39 is 0 Å². The molecule has 25 heavy (non-hydrogen) atoms. The van der Waals surface area contributed by atoms with Crippen LogP contribution in [0.15, 0.2) is 24.3 Å². The summed E-state index contributed by atoms with van der Waals surface area (Å²) in [5.74, 6) is 1.25. The molecular weight excluding hydrogens is 318 g/mol. The number of carbonyl (C=O) groups excluding carboxylic acids is 2. The Bertz CT molecular complexity index is 616. The van der Waals surface area contributed by atoms with Crippen LogP contribution < -0.4 is 10.1 Å². The standard InChI is InChI=1S/C19H27N3O3/c1-25-17-8-3-7-16(13-17)20-18(23)14-21-9-4-10-22(12-11-21)19(24)15-5-2-6-15/h3,7-8,13,15H,2,4-6,9-12,14H2,1H3,(H,20,23). The van der Waals surface area contributed by atoms with Crippen LogP contribution in [0.3, 0.4) is 0 Å². The van der Waals surface area contributed by atoms with Gasteiger partial charge in [0.15, 0.2) is 0 Å². The number of anilines is 1. The minimum absolute atomic E-state index is 0.0352. The van der Waals surface area contributed by atoms with E-state index in [1.165, 1.54) is 6.42 Å². The van der Waals surface area contributed by atoms with E-state index in [9.17, 15) is 9.59 Å². The fourth-order valence-electron chi connectivity index (χ4n) is 3.37. The molecule has 6 nitrogen and oxygen atoms in total. The number of ether oxygens (including phenoxy) is 1. The van der Waals surface area contributed by atoms with Gasteiger partial charge in [-0.1, -0.05) is 12.5 Å². The predicted octanol–water partition coefficient (Wildman–Crippen LogP) is 1.97. The number of amides is 2. The number of nitrogens with one attached hydrogen (secondary N) is 1. The maximum atomic E-state index is 12.4. The Morgan fingerprint density at radius 3 is 2.72 bits per heavy atom. The number of hydrogen-bond acceptors (Lipinski definition) is 4. The number of benzene rings is 1. The van der Waals surface area contributed by atoms with Crippen LogP contribution in [0.5, 0.6) is 5.75 Å². The molecular formula is C19H27N3O3. The molecule has 0 atom stereocenters. The van der Waals surface area contributed by atoms with Gasteiger partial charge >= 0.3 is 0 Å². The third-order valence-corrected chi connectivity index (χ3v) is 5.08. The average molecular weight is 345 g/mol. The molecule has 0 spiro atoms. The quantitative estimate of drug-likeness (QED) is 0.886. The lowest BCUT2D eigenvalue weighted by Crippen LogP contribution is -2.41. The van der Waals surface area contributed by atoms with Gasteiger partial charge in [0.1, 0.15) is 5.75 Å². The van der Waals surface area contributed by atoms with Crippen molar-refractivity contribution in [2.24, 2.45) is 5.92 Å². The highest BCUT2D eigenvalue weighted by atomic mass is 16.5. The van der Waals surface area contributed by atoms with Crippen LogP contribution in [0, 0.1) is 5.92 Å². The maximum absolute atomic E-state index is 12.4. The third-order valence-electron chi connectivity index (χ3n) is 5.08. The Morgan fingerprint density at radius 2 is 2.00 bits per heavy atom. The zero-order valence-corrected chi connectivity index (χ0v) is 14.9. The van der Waals surface area contributed by atoms with E-state index in [-0.39, 0.29) is 11.8 Å². The number of rotatable bonds is 5. The van der Waals surface area contributed by atoms with E-state index in [1.54, 1.807) is 13.2 Å². The van der Waals surface area contributed by atoms with Crippen LogP contribution in [0.4, 0.5) is 5.69 Å². The van der Waals surface area contributed by atoms with Crippen molar-refractivity contribution < 1.29 is 14.3 Å². The first-order valence-corrected chi connectivity index (χ1v) is 9.11. The summed E-state index contributed by atoms with van der Waals surface area (Å²) in [5.41, 5.74) is 0.737. The summed E-state index contributed by atoms with van der Waals surface area (Å²) >= 11 is 0. The first-order chi connectivity index (χ1) is 12.2. The average Bonchev–Trinajstić information content (AvgIpc) is 2.79. The Balaban J connectivity index is 1.47. The SMILES string of the molecule is COc1cccc(NC(=O)CN2CCCN(C(=O)C3CCC3)CC2)c1. The van der Waals surface area contributed by atoms with Crippen molar-refractivity contribution in [3.05, 3.63) is 24.3 Å². The molecule has 6 heteroatoms. The van der Waals surface area contributed by atoms with Crippen LogP contribution in [0.1, 0.15) is 25.7 Å². The summed E-state index contributed by atoms with van der Waals surface area (Å²) in [4.78, 5) is 28.8. The Labute approximate surface area is 149 Å². The van der Waals surface area contributed by atoms with E-state index in [4.69, 9.17) is 4.74 Å². The van der Waals surface area contributed by atoms with Crippen molar-refractivity contribution in [3.8, 4) is 5.75 Å². The van der Waals surface area contributed by atoms with Gasteiger partial charge in [0, 0.05) is 43.9 Å². The first-order valence-electron chi connectivity index (χ1n) is 9.11. The number of hydrogen-bond donors (Lipinski definition) is 1. The fraction of sp³-hybridized carbons (Fsp3) is 0.579. The Kier molecular flexibility index (Phi) is 5.91. The van der Waals surface area contributed by atoms with Gasteiger partial charge in [-0.2, -0.15) is 0 Å². The lowest BCUT2D eigenvalue weighted by molar-refractivity contribution is -0.138. The second kappa shape index (κ2) is 8.34. The molecule has 3 rings (SSSR count). The number of carbonyl (C=O) groups is 2. The molecule has 2 aliphatic rings. The van der Waals surface area contributed by atoms with Crippen LogP contribution in [-0.4, -0.2) is 61.4 Å². The van der Waals surface area contributed by atoms with Gasteiger partial charge in [-0.3, -0.25) is 14.5 Å². The summed E-state index contributed by atoms with van der Waals surface area (Å²) in [6.07, 6.45) is 4.19. The highest BCUT2D eigenvalue weighted by molar-refractivity contribution is 5.92. The first kappa shape index (κ1) is 17.7. The topological polar surface area (TPSA) is 61.9 Å². The minimum Gasteiger partial charge on any atom is -0.497 e. The van der Waals surface area contributed by atoms with E-state index in [1.807, 2.05) is 23.1 Å². The van der Waals surface area contributed by atoms with E-state index >= 15 is 0 Å². The molecule has 1 saturated heterocycles. The van der Waals surface area contributed by atoms with E-state index in [0.29, 0.717) is 12.5 Å². The molecule has 1 aliphatic heterocycles. The van der Waals surface area contributed by atoms with Crippen molar-refractivity contribution in [3.63, 3.8) is 0 Å². The number of nitrogens with zero attached hydrogens (tertiary/aromatic N) is 2. The lowest BCUT2D eigenvalue weighted by Gasteiger charge is -2.31. The molecule has 1 aromatic rings. The van der Waals surface area contributed by atoms with Crippen molar-refractivity contribution in [2.45, 2.75) is 25.7 Å². The van der Waals surface area contributed by atoms with Gasteiger partial charge in [0.05, 0.1) is 13.7 Å². The van der Waals surface area contributed by atoms with E-state index in [2.05, 4.69) is 10.2 Å². The summed E-state index contributed by atoms with van der Waals surface area (Å²) in [6, 6.07) is 7.35. The highest BCUT2D eigenvalue weighted by Gasteiger charge is 2.30. The molecule has 0 unspecified atom stereocenters. The third kappa shape index (κ3) is 4.72. The molecule has 0 aromatic heterocycles. The minimum atomic E-state index is -0.0352. The summed E-state index contributed by atoms with van der Waals surface area (Å²) in [7, 11) is 1.61. The number of methoxy groups -OCH3 is 1. The molecule has 1 saturated carbocycles. The lowest BCUT2D eigenvalue weighted by atomic mass is 9.84. The van der Waals surface area contributed by atoms with Crippen LogP contribution >= 0.6 is 0 Å². The van der Waals surface area contributed by atoms with Crippen molar-refractivity contribution in [1.82, 2.24) is 9.80 Å². The zero-order chi connectivity index (χ0) is 17.6. The molecule has 0 radical (unpaired) electrons. The van der Waals surface area contributed by atoms with Crippen molar-refractivity contribution in [1.29, 1.82) is 0 Å². The molecule has 1 N–H and O–H groups in total.